The highest BCUT2D eigenvalue weighted by molar-refractivity contribution is 5.94. The number of carbonyl (C=O) groups excluding carboxylic acids is 3. The second kappa shape index (κ2) is 11.5. The number of hydrogen-bond donors (Lipinski definition) is 1. The summed E-state index contributed by atoms with van der Waals surface area (Å²) < 4.78 is 40.8. The lowest BCUT2D eigenvalue weighted by molar-refractivity contribution is -0.129. The Morgan fingerprint density at radius 2 is 1.95 bits per heavy atom. The molecule has 2 fully saturated rings. The van der Waals surface area contributed by atoms with E-state index in [1.165, 1.54) is 38.4 Å². The number of nitrogens with one attached hydrogen (secondary N) is 1. The minimum atomic E-state index is -2.96. The number of carbonyl (C=O) groups is 3. The fourth-order valence-corrected chi connectivity index (χ4v) is 4.38. The number of nitrogens with zero attached hydrogens (tertiary/aromatic N) is 2. The Morgan fingerprint density at radius 3 is 2.57 bits per heavy atom. The standard InChI is InChI=1S/C26H29F2N3O6/c1-15(32)31-13-19(17-6-8-22(37-26(27)28)23(10-17)36-14-16-3-4-16)9-20(31)12-30-24(33)21-7-5-18(11-29-21)25(34)35-2/h5-8,10-11,16,19-20,26H,3-4,9,12-14H2,1-2H3,(H,30,33)/t19?,20-/m0/s1. The highest BCUT2D eigenvalue weighted by atomic mass is 19.3. The van der Waals surface area contributed by atoms with E-state index in [0.717, 1.165) is 18.4 Å². The maximum Gasteiger partial charge on any atom is 0.387 e. The number of esters is 1. The third-order valence-corrected chi connectivity index (χ3v) is 6.56. The molecule has 1 saturated heterocycles. The van der Waals surface area contributed by atoms with Gasteiger partial charge < -0.3 is 24.4 Å². The lowest BCUT2D eigenvalue weighted by Crippen LogP contribution is -2.42. The van der Waals surface area contributed by atoms with Crippen LogP contribution in [0.5, 0.6) is 11.5 Å². The Morgan fingerprint density at radius 1 is 1.16 bits per heavy atom. The first-order valence-corrected chi connectivity index (χ1v) is 12.1. The van der Waals surface area contributed by atoms with Crippen molar-refractivity contribution in [1.29, 1.82) is 0 Å². The van der Waals surface area contributed by atoms with Crippen LogP contribution in [0.15, 0.2) is 36.5 Å². The zero-order valence-electron chi connectivity index (χ0n) is 20.6. The first-order chi connectivity index (χ1) is 17.7. The monoisotopic (exact) mass is 517 g/mol. The third kappa shape index (κ3) is 6.72. The van der Waals surface area contributed by atoms with Crippen LogP contribution in [-0.4, -0.2) is 67.1 Å². The summed E-state index contributed by atoms with van der Waals surface area (Å²) in [5, 5.41) is 2.80. The number of rotatable bonds is 10. The summed E-state index contributed by atoms with van der Waals surface area (Å²) in [6, 6.07) is 7.49. The van der Waals surface area contributed by atoms with Crippen molar-refractivity contribution >= 4 is 17.8 Å². The number of ether oxygens (including phenoxy) is 3. The number of benzene rings is 1. The number of alkyl halides is 2. The van der Waals surface area contributed by atoms with Gasteiger partial charge in [0.15, 0.2) is 11.5 Å². The Labute approximate surface area is 213 Å². The quantitative estimate of drug-likeness (QED) is 0.482. The number of halogens is 2. The minimum absolute atomic E-state index is 0.0182. The maximum absolute atomic E-state index is 12.9. The molecule has 1 unspecified atom stereocenters. The predicted octanol–water partition coefficient (Wildman–Crippen LogP) is 3.39. The molecule has 2 aliphatic rings. The Kier molecular flexibility index (Phi) is 8.20. The Bertz CT molecular complexity index is 1140. The average Bonchev–Trinajstić information content (AvgIpc) is 3.62. The lowest BCUT2D eigenvalue weighted by Gasteiger charge is -2.23. The van der Waals surface area contributed by atoms with Crippen LogP contribution in [-0.2, 0) is 9.53 Å². The van der Waals surface area contributed by atoms with Gasteiger partial charge >= 0.3 is 12.6 Å². The average molecular weight is 518 g/mol. The molecule has 1 aliphatic carbocycles. The summed E-state index contributed by atoms with van der Waals surface area (Å²) >= 11 is 0. The maximum atomic E-state index is 12.9. The molecular weight excluding hydrogens is 488 g/mol. The summed E-state index contributed by atoms with van der Waals surface area (Å²) in [4.78, 5) is 42.2. The van der Waals surface area contributed by atoms with Gasteiger partial charge in [0.05, 0.1) is 19.3 Å². The molecule has 2 amide bonds. The Balaban J connectivity index is 1.42. The minimum Gasteiger partial charge on any atom is -0.489 e. The van der Waals surface area contributed by atoms with Gasteiger partial charge in [-0.05, 0) is 55.0 Å². The molecule has 2 aromatic rings. The van der Waals surface area contributed by atoms with Crippen LogP contribution in [0.1, 0.15) is 58.5 Å². The highest BCUT2D eigenvalue weighted by Gasteiger charge is 2.35. The topological polar surface area (TPSA) is 107 Å². The van der Waals surface area contributed by atoms with Gasteiger partial charge in [0, 0.05) is 38.2 Å². The van der Waals surface area contributed by atoms with Gasteiger partial charge in [-0.25, -0.2) is 4.79 Å². The van der Waals surface area contributed by atoms with Crippen molar-refractivity contribution in [2.75, 3.05) is 26.8 Å². The number of aromatic nitrogens is 1. The van der Waals surface area contributed by atoms with Crippen molar-refractivity contribution in [2.24, 2.45) is 5.92 Å². The number of pyridine rings is 1. The zero-order chi connectivity index (χ0) is 26.5. The van der Waals surface area contributed by atoms with Crippen LogP contribution in [0.4, 0.5) is 8.78 Å². The van der Waals surface area contributed by atoms with Crippen LogP contribution in [0.3, 0.4) is 0 Å². The fraction of sp³-hybridized carbons (Fsp3) is 0.462. The number of amides is 2. The van der Waals surface area contributed by atoms with Crippen molar-refractivity contribution < 1.29 is 37.4 Å². The molecule has 37 heavy (non-hydrogen) atoms. The molecule has 0 bridgehead atoms. The third-order valence-electron chi connectivity index (χ3n) is 6.56. The molecule has 4 rings (SSSR count). The van der Waals surface area contributed by atoms with E-state index < -0.39 is 18.5 Å². The summed E-state index contributed by atoms with van der Waals surface area (Å²) in [6.07, 6.45) is 3.93. The van der Waals surface area contributed by atoms with Gasteiger partial charge in [-0.15, -0.1) is 0 Å². The molecule has 1 aromatic heterocycles. The van der Waals surface area contributed by atoms with Gasteiger partial charge in [-0.2, -0.15) is 8.78 Å². The van der Waals surface area contributed by atoms with Crippen molar-refractivity contribution in [2.45, 2.75) is 44.8 Å². The first kappa shape index (κ1) is 26.3. The highest BCUT2D eigenvalue weighted by Crippen LogP contribution is 2.38. The van der Waals surface area contributed by atoms with Gasteiger partial charge in [-0.3, -0.25) is 14.6 Å². The van der Waals surface area contributed by atoms with Crippen LogP contribution >= 0.6 is 0 Å². The largest absolute Gasteiger partial charge is 0.489 e. The van der Waals surface area contributed by atoms with Gasteiger partial charge in [0.2, 0.25) is 5.91 Å². The summed E-state index contributed by atoms with van der Waals surface area (Å²) in [7, 11) is 1.26. The number of hydrogen-bond acceptors (Lipinski definition) is 7. The van der Waals surface area contributed by atoms with E-state index in [-0.39, 0.29) is 47.2 Å². The van der Waals surface area contributed by atoms with Crippen molar-refractivity contribution in [1.82, 2.24) is 15.2 Å². The van der Waals surface area contributed by atoms with Gasteiger partial charge in [-0.1, -0.05) is 6.07 Å². The van der Waals surface area contributed by atoms with Gasteiger partial charge in [0.1, 0.15) is 5.69 Å². The van der Waals surface area contributed by atoms with Crippen LogP contribution < -0.4 is 14.8 Å². The molecule has 2 heterocycles. The fourth-order valence-electron chi connectivity index (χ4n) is 4.38. The van der Waals surface area contributed by atoms with E-state index in [4.69, 9.17) is 4.74 Å². The molecule has 9 nitrogen and oxygen atoms in total. The van der Waals surface area contributed by atoms with Crippen molar-refractivity contribution in [3.8, 4) is 11.5 Å². The van der Waals surface area contributed by atoms with E-state index in [0.29, 0.717) is 25.5 Å². The van der Waals surface area contributed by atoms with Crippen LogP contribution in [0.2, 0.25) is 0 Å². The predicted molar refractivity (Wildman–Crippen MR) is 128 cm³/mol. The molecular formula is C26H29F2N3O6. The second-order valence-electron chi connectivity index (χ2n) is 9.23. The Hall–Kier alpha value is -3.76. The number of methoxy groups -OCH3 is 1. The molecule has 0 spiro atoms. The van der Waals surface area contributed by atoms with E-state index in [1.54, 1.807) is 17.0 Å². The molecule has 0 radical (unpaired) electrons. The summed E-state index contributed by atoms with van der Waals surface area (Å²) in [5.74, 6) is -0.525. The molecule has 1 saturated carbocycles. The molecule has 198 valence electrons. The van der Waals surface area contributed by atoms with Crippen LogP contribution in [0, 0.1) is 5.92 Å². The normalized spacial score (nSPS) is 19.0. The van der Waals surface area contributed by atoms with Crippen molar-refractivity contribution in [3.05, 3.63) is 53.3 Å². The molecule has 1 aromatic carbocycles. The van der Waals surface area contributed by atoms with E-state index in [2.05, 4.69) is 19.8 Å². The van der Waals surface area contributed by atoms with E-state index in [9.17, 15) is 23.2 Å². The summed E-state index contributed by atoms with van der Waals surface area (Å²) in [6.45, 7) is -0.440. The van der Waals surface area contributed by atoms with Gasteiger partial charge in [0.25, 0.3) is 5.91 Å². The zero-order valence-corrected chi connectivity index (χ0v) is 20.6. The smallest absolute Gasteiger partial charge is 0.387 e. The second-order valence-corrected chi connectivity index (χ2v) is 9.23. The first-order valence-electron chi connectivity index (χ1n) is 12.1. The van der Waals surface area contributed by atoms with Crippen LogP contribution in [0.25, 0.3) is 0 Å². The SMILES string of the molecule is COC(=O)c1ccc(C(=O)NC[C@@H]2CC(c3ccc(OC(F)F)c(OCC4CC4)c3)CN2C(C)=O)nc1. The number of likely N-dealkylation sites (tertiary alicyclic amines) is 1. The molecule has 1 aliphatic heterocycles. The summed E-state index contributed by atoms with van der Waals surface area (Å²) in [5.41, 5.74) is 1.20. The molecule has 1 N–H and O–H groups in total. The molecule has 2 atom stereocenters. The lowest BCUT2D eigenvalue weighted by atomic mass is 9.96. The van der Waals surface area contributed by atoms with E-state index in [1.807, 2.05) is 0 Å². The molecule has 11 heteroatoms. The van der Waals surface area contributed by atoms with Crippen molar-refractivity contribution in [3.63, 3.8) is 0 Å². The van der Waals surface area contributed by atoms with E-state index >= 15 is 0 Å².